The molecule has 7 nitrogen and oxygen atoms in total. The zero-order valence-electron chi connectivity index (χ0n) is 26.8. The molecule has 1 aromatic rings. The summed E-state index contributed by atoms with van der Waals surface area (Å²) >= 11 is 0. The molecule has 1 aliphatic heterocycles. The molecule has 9 heteroatoms. The molecule has 1 saturated heterocycles. The molecule has 3 saturated carbocycles. The van der Waals surface area contributed by atoms with E-state index in [9.17, 15) is 14.7 Å². The molecule has 0 spiro atoms. The van der Waals surface area contributed by atoms with Gasteiger partial charge >= 0.3 is 0 Å². The third kappa shape index (κ3) is 3.50. The smallest absolute Gasteiger partial charge is 0.205 e. The van der Waals surface area contributed by atoms with E-state index < -0.39 is 107 Å². The first kappa shape index (κ1) is 23.0. The van der Waals surface area contributed by atoms with E-state index in [-0.39, 0.29) is 30.5 Å². The van der Waals surface area contributed by atoms with Gasteiger partial charge in [-0.3, -0.25) is 9.59 Å². The molecular formula is C31H37F2NO6. The van der Waals surface area contributed by atoms with Crippen LogP contribution < -0.4 is 10.5 Å². The molecule has 0 amide bonds. The summed E-state index contributed by atoms with van der Waals surface area (Å²) < 4.78 is 84.3. The highest BCUT2D eigenvalue weighted by atomic mass is 19.1. The van der Waals surface area contributed by atoms with Crippen molar-refractivity contribution in [3.63, 3.8) is 0 Å². The first-order valence-corrected chi connectivity index (χ1v) is 13.9. The number of carbonyl (C=O) groups is 2. The minimum absolute atomic E-state index is 0.00251. The number of halogens is 2. The average Bonchev–Trinajstić information content (AvgIpc) is 3.45. The third-order valence-electron chi connectivity index (χ3n) is 10.3. The van der Waals surface area contributed by atoms with E-state index in [0.717, 1.165) is 6.08 Å². The van der Waals surface area contributed by atoms with Crippen LogP contribution in [-0.2, 0) is 19.1 Å². The van der Waals surface area contributed by atoms with Crippen LogP contribution >= 0.6 is 0 Å². The van der Waals surface area contributed by atoms with Crippen LogP contribution in [0.25, 0.3) is 0 Å². The number of ketones is 2. The zero-order valence-corrected chi connectivity index (χ0v) is 22.8. The number of ether oxygens (including phenoxy) is 3. The Morgan fingerprint density at radius 3 is 2.67 bits per heavy atom. The molecule has 0 bridgehead atoms. The van der Waals surface area contributed by atoms with E-state index >= 15 is 8.78 Å². The van der Waals surface area contributed by atoms with Crippen LogP contribution in [0, 0.1) is 22.7 Å². The van der Waals surface area contributed by atoms with Crippen molar-refractivity contribution in [2.75, 3.05) is 12.3 Å². The summed E-state index contributed by atoms with van der Waals surface area (Å²) in [5, 5.41) is 11.7. The Morgan fingerprint density at radius 1 is 1.25 bits per heavy atom. The summed E-state index contributed by atoms with van der Waals surface area (Å²) in [7, 11) is 0. The van der Waals surface area contributed by atoms with Gasteiger partial charge in [0.15, 0.2) is 23.3 Å². The van der Waals surface area contributed by atoms with Crippen LogP contribution in [-0.4, -0.2) is 59.2 Å². The van der Waals surface area contributed by atoms with Gasteiger partial charge in [0.25, 0.3) is 0 Å². The Hall–Kier alpha value is -2.62. The summed E-state index contributed by atoms with van der Waals surface area (Å²) in [6.45, 7) is 4.44. The molecule has 216 valence electrons. The predicted octanol–water partition coefficient (Wildman–Crippen LogP) is 4.43. The largest absolute Gasteiger partial charge is 0.486 e. The van der Waals surface area contributed by atoms with Gasteiger partial charge in [0.1, 0.15) is 18.5 Å². The van der Waals surface area contributed by atoms with Gasteiger partial charge in [-0.05, 0) is 80.4 Å². The van der Waals surface area contributed by atoms with Crippen molar-refractivity contribution in [2.24, 2.45) is 22.7 Å². The van der Waals surface area contributed by atoms with E-state index in [0.29, 0.717) is 12.8 Å². The molecular weight excluding hydrogens is 520 g/mol. The van der Waals surface area contributed by atoms with Gasteiger partial charge in [0.2, 0.25) is 5.78 Å². The number of hydrogen-bond donors (Lipinski definition) is 2. The molecule has 0 aromatic heterocycles. The molecule has 0 radical (unpaired) electrons. The van der Waals surface area contributed by atoms with Crippen molar-refractivity contribution in [1.29, 1.82) is 0 Å². The normalized spacial score (nSPS) is 46.6. The molecule has 4 aliphatic carbocycles. The maximum absolute atomic E-state index is 17.6. The zero-order chi connectivity index (χ0) is 32.1. The minimum Gasteiger partial charge on any atom is -0.486 e. The Kier molecular flexibility index (Phi) is 5.29. The Labute approximate surface area is 238 Å². The lowest BCUT2D eigenvalue weighted by Gasteiger charge is -2.63. The Bertz CT molecular complexity index is 1480. The van der Waals surface area contributed by atoms with E-state index in [2.05, 4.69) is 0 Å². The van der Waals surface area contributed by atoms with Crippen molar-refractivity contribution >= 4 is 17.3 Å². The summed E-state index contributed by atoms with van der Waals surface area (Å²) in [5.74, 6) is -3.23. The number of nitrogens with two attached hydrogens (primary N) is 1. The van der Waals surface area contributed by atoms with Gasteiger partial charge in [-0.2, -0.15) is 0 Å². The van der Waals surface area contributed by atoms with Crippen LogP contribution in [0.1, 0.15) is 58.4 Å². The van der Waals surface area contributed by atoms with Crippen molar-refractivity contribution in [1.82, 2.24) is 0 Å². The summed E-state index contributed by atoms with van der Waals surface area (Å²) in [6, 6.07) is -2.10. The predicted molar refractivity (Wildman–Crippen MR) is 143 cm³/mol. The number of allylic oxidation sites excluding steroid dienone is 4. The molecule has 4 fully saturated rings. The van der Waals surface area contributed by atoms with Gasteiger partial charge in [0.05, 0.1) is 17.7 Å². The van der Waals surface area contributed by atoms with Gasteiger partial charge in [-0.25, -0.2) is 8.78 Å². The first-order valence-electron chi connectivity index (χ1n) is 15.9. The van der Waals surface area contributed by atoms with Crippen LogP contribution in [0.15, 0.2) is 48.0 Å². The van der Waals surface area contributed by atoms with E-state index in [4.69, 9.17) is 25.4 Å². The maximum Gasteiger partial charge on any atom is 0.205 e. The maximum atomic E-state index is 17.6. The number of carbonyl (C=O) groups excluding carboxylic acids is 2. The number of fused-ring (bicyclic) bond motifs is 7. The third-order valence-corrected chi connectivity index (χ3v) is 10.3. The second-order valence-electron chi connectivity index (χ2n) is 12.2. The quantitative estimate of drug-likeness (QED) is 0.495. The number of aliphatic hydroxyl groups is 1. The van der Waals surface area contributed by atoms with Crippen LogP contribution in [0.2, 0.25) is 0 Å². The highest BCUT2D eigenvalue weighted by molar-refractivity contribution is 6.01. The number of Topliss-reactive ketones (excluding diaryl/α,β-unsaturated/α-hetero) is 1. The lowest BCUT2D eigenvalue weighted by molar-refractivity contribution is -0.234. The lowest BCUT2D eigenvalue weighted by atomic mass is 9.44. The lowest BCUT2D eigenvalue weighted by Crippen LogP contribution is -2.71. The summed E-state index contributed by atoms with van der Waals surface area (Å²) in [6.07, 6.45) is -0.485. The Morgan fingerprint density at radius 2 is 1.98 bits per heavy atom. The molecule has 10 atom stereocenters. The number of benzene rings is 1. The van der Waals surface area contributed by atoms with Gasteiger partial charge in [0, 0.05) is 22.4 Å². The molecule has 1 heterocycles. The van der Waals surface area contributed by atoms with Crippen molar-refractivity contribution in [3.05, 3.63) is 48.0 Å². The topological polar surface area (TPSA) is 108 Å². The van der Waals surface area contributed by atoms with E-state index in [1.165, 1.54) is 19.1 Å². The monoisotopic (exact) mass is 561 g/mol. The number of anilines is 1. The fourth-order valence-electron chi connectivity index (χ4n) is 8.51. The van der Waals surface area contributed by atoms with Crippen LogP contribution in [0.4, 0.5) is 14.5 Å². The fraction of sp³-hybridized carbons (Fsp3) is 0.613. The summed E-state index contributed by atoms with van der Waals surface area (Å²) in [4.78, 5) is 26.5. The molecule has 1 unspecified atom stereocenters. The second-order valence-corrected chi connectivity index (χ2v) is 12.2. The highest BCUT2D eigenvalue weighted by Gasteiger charge is 2.80. The molecule has 6 rings (SSSR count). The SMILES string of the molecule is [2H]c1c([2H])c(OCC(=O)[C@@]23OC(CCC)O[C@@H]2C[C@H]2[C@@H]4C[C@H](F)C5=CC(=O)C=C[C@]5(C)[C@@]4(F)[C@@H](O)C[C@@]23C)c([2H])c([2H])c1N. The Balaban J connectivity index is 1.40. The average molecular weight is 562 g/mol. The van der Waals surface area contributed by atoms with Crippen LogP contribution in [0.5, 0.6) is 5.75 Å². The fourth-order valence-corrected chi connectivity index (χ4v) is 8.51. The molecule has 3 N–H and O–H groups in total. The van der Waals surface area contributed by atoms with E-state index in [1.54, 1.807) is 6.92 Å². The highest BCUT2D eigenvalue weighted by Crippen LogP contribution is 2.72. The van der Waals surface area contributed by atoms with Crippen molar-refractivity contribution < 1.29 is 43.2 Å². The first-order chi connectivity index (χ1) is 20.6. The number of aliphatic hydroxyl groups excluding tert-OH is 1. The van der Waals surface area contributed by atoms with Gasteiger partial charge < -0.3 is 25.1 Å². The van der Waals surface area contributed by atoms with Crippen molar-refractivity contribution in [2.45, 2.75) is 88.8 Å². The molecule has 40 heavy (non-hydrogen) atoms. The minimum atomic E-state index is -2.34. The number of rotatable bonds is 6. The molecule has 1 aromatic carbocycles. The second kappa shape index (κ2) is 9.19. The van der Waals surface area contributed by atoms with Crippen molar-refractivity contribution in [3.8, 4) is 5.75 Å². The van der Waals surface area contributed by atoms with Gasteiger partial charge in [-0.15, -0.1) is 0 Å². The summed E-state index contributed by atoms with van der Waals surface area (Å²) in [5.41, 5.74) is -1.57. The molecule has 5 aliphatic rings. The van der Waals surface area contributed by atoms with E-state index in [1.807, 2.05) is 6.92 Å². The van der Waals surface area contributed by atoms with Crippen LogP contribution in [0.3, 0.4) is 0 Å². The number of nitrogen functional groups attached to an aromatic ring is 1. The van der Waals surface area contributed by atoms with Gasteiger partial charge in [-0.1, -0.05) is 26.3 Å². The number of hydrogen-bond acceptors (Lipinski definition) is 7. The standard InChI is InChI=1S/C31H37F2NO6/c1-4-5-27-39-26-14-20-21-13-23(32)22-12-18(35)10-11-28(22,2)30(21,33)24(36)15-29(20,3)31(26,40-27)25(37)16-38-19-8-6-17(34)7-9-19/h6-12,20-21,23-24,26-27,36H,4-5,13-16,34H2,1-3H3/t20-,21-,23-,24-,26+,27?,28-,29-,30-,31+/m0/s1/i6D,7D,8D,9D. The number of alkyl halides is 2.